The molecule has 2 fully saturated rings. The van der Waals surface area contributed by atoms with Crippen molar-refractivity contribution >= 4 is 27.5 Å². The van der Waals surface area contributed by atoms with Crippen LogP contribution in [-0.2, 0) is 10.0 Å². The summed E-state index contributed by atoms with van der Waals surface area (Å²) < 4.78 is 27.0. The predicted molar refractivity (Wildman–Crippen MR) is 89.1 cm³/mol. The van der Waals surface area contributed by atoms with Gasteiger partial charge in [0, 0.05) is 25.2 Å². The Hall–Kier alpha value is -1.11. The van der Waals surface area contributed by atoms with Crippen LogP contribution in [0.4, 0.5) is 0 Å². The standard InChI is InChI=1S/C16H21ClN2O3S/c17-14-7-6-13(16(20)18-11-12-4-5-12)10-15(14)23(21,22)19-8-2-1-3-9-19/h6-7,10,12H,1-5,8-9,11H2,(H,18,20). The summed E-state index contributed by atoms with van der Waals surface area (Å²) >= 11 is 6.10. The molecule has 2 aliphatic rings. The summed E-state index contributed by atoms with van der Waals surface area (Å²) in [7, 11) is -3.65. The van der Waals surface area contributed by atoms with Crippen molar-refractivity contribution in [3.05, 3.63) is 28.8 Å². The quantitative estimate of drug-likeness (QED) is 0.882. The monoisotopic (exact) mass is 356 g/mol. The minimum Gasteiger partial charge on any atom is -0.352 e. The highest BCUT2D eigenvalue weighted by atomic mass is 35.5. The zero-order valence-corrected chi connectivity index (χ0v) is 14.5. The molecule has 0 spiro atoms. The number of hydrogen-bond donors (Lipinski definition) is 1. The molecule has 1 saturated heterocycles. The number of amides is 1. The molecule has 0 unspecified atom stereocenters. The van der Waals surface area contributed by atoms with Crippen LogP contribution in [0.25, 0.3) is 0 Å². The molecule has 1 aromatic rings. The Morgan fingerprint density at radius 2 is 1.91 bits per heavy atom. The zero-order chi connectivity index (χ0) is 16.4. The lowest BCUT2D eigenvalue weighted by molar-refractivity contribution is 0.0951. The van der Waals surface area contributed by atoms with Crippen LogP contribution in [0.3, 0.4) is 0 Å². The topological polar surface area (TPSA) is 66.5 Å². The first-order chi connectivity index (χ1) is 11.0. The molecule has 1 amide bonds. The van der Waals surface area contributed by atoms with Gasteiger partial charge in [0.15, 0.2) is 0 Å². The summed E-state index contributed by atoms with van der Waals surface area (Å²) in [5, 5.41) is 3.01. The van der Waals surface area contributed by atoms with Gasteiger partial charge < -0.3 is 5.32 Å². The van der Waals surface area contributed by atoms with Gasteiger partial charge in [-0.3, -0.25) is 4.79 Å². The molecule has 0 atom stereocenters. The Kier molecular flexibility index (Phi) is 4.94. The minimum absolute atomic E-state index is 0.0279. The largest absolute Gasteiger partial charge is 0.352 e. The van der Waals surface area contributed by atoms with Crippen LogP contribution in [0.15, 0.2) is 23.1 Å². The van der Waals surface area contributed by atoms with Crippen molar-refractivity contribution in [3.63, 3.8) is 0 Å². The zero-order valence-electron chi connectivity index (χ0n) is 12.9. The van der Waals surface area contributed by atoms with E-state index in [-0.39, 0.29) is 15.8 Å². The van der Waals surface area contributed by atoms with E-state index < -0.39 is 10.0 Å². The number of nitrogens with zero attached hydrogens (tertiary/aromatic N) is 1. The summed E-state index contributed by atoms with van der Waals surface area (Å²) in [4.78, 5) is 12.2. The maximum atomic E-state index is 12.8. The molecule has 0 bridgehead atoms. The maximum absolute atomic E-state index is 12.8. The fraction of sp³-hybridized carbons (Fsp3) is 0.562. The predicted octanol–water partition coefficient (Wildman–Crippen LogP) is 2.65. The van der Waals surface area contributed by atoms with Crippen molar-refractivity contribution in [3.8, 4) is 0 Å². The van der Waals surface area contributed by atoms with E-state index in [1.807, 2.05) is 0 Å². The number of nitrogens with one attached hydrogen (secondary N) is 1. The summed E-state index contributed by atoms with van der Waals surface area (Å²) in [6.45, 7) is 1.67. The van der Waals surface area contributed by atoms with E-state index >= 15 is 0 Å². The van der Waals surface area contributed by atoms with Gasteiger partial charge in [-0.05, 0) is 49.8 Å². The number of hydrogen-bond acceptors (Lipinski definition) is 3. The molecule has 126 valence electrons. The number of carbonyl (C=O) groups excluding carboxylic acids is 1. The molecule has 23 heavy (non-hydrogen) atoms. The third kappa shape index (κ3) is 3.87. The molecular weight excluding hydrogens is 336 g/mol. The number of carbonyl (C=O) groups is 1. The minimum atomic E-state index is -3.65. The van der Waals surface area contributed by atoms with Crippen LogP contribution in [0, 0.1) is 5.92 Å². The first-order valence-corrected chi connectivity index (χ1v) is 9.88. The van der Waals surface area contributed by atoms with Crippen molar-refractivity contribution in [2.75, 3.05) is 19.6 Å². The van der Waals surface area contributed by atoms with E-state index in [0.29, 0.717) is 31.1 Å². The van der Waals surface area contributed by atoms with Crippen LogP contribution in [0.5, 0.6) is 0 Å². The van der Waals surface area contributed by atoms with Crippen LogP contribution >= 0.6 is 11.6 Å². The van der Waals surface area contributed by atoms with Crippen molar-refractivity contribution < 1.29 is 13.2 Å². The SMILES string of the molecule is O=C(NCC1CC1)c1ccc(Cl)c(S(=O)(=O)N2CCCCC2)c1. The van der Waals surface area contributed by atoms with E-state index in [9.17, 15) is 13.2 Å². The lowest BCUT2D eigenvalue weighted by Gasteiger charge is -2.26. The Labute approximate surface area is 142 Å². The molecule has 1 aliphatic heterocycles. The van der Waals surface area contributed by atoms with Gasteiger partial charge in [-0.25, -0.2) is 8.42 Å². The van der Waals surface area contributed by atoms with Crippen molar-refractivity contribution in [2.24, 2.45) is 5.92 Å². The van der Waals surface area contributed by atoms with E-state index in [0.717, 1.165) is 32.1 Å². The summed E-state index contributed by atoms with van der Waals surface area (Å²) in [5.74, 6) is 0.325. The molecule has 1 N–H and O–H groups in total. The second kappa shape index (κ2) is 6.79. The molecule has 1 saturated carbocycles. The fourth-order valence-electron chi connectivity index (χ4n) is 2.75. The smallest absolute Gasteiger partial charge is 0.251 e. The van der Waals surface area contributed by atoms with Crippen molar-refractivity contribution in [1.29, 1.82) is 0 Å². The second-order valence-corrected chi connectivity index (χ2v) is 8.58. The molecular formula is C16H21ClN2O3S. The molecule has 5 nitrogen and oxygen atoms in total. The average Bonchev–Trinajstić information content (AvgIpc) is 3.38. The number of sulfonamides is 1. The number of benzene rings is 1. The van der Waals surface area contributed by atoms with Crippen LogP contribution < -0.4 is 5.32 Å². The van der Waals surface area contributed by atoms with Gasteiger partial charge in [-0.2, -0.15) is 4.31 Å². The lowest BCUT2D eigenvalue weighted by Crippen LogP contribution is -2.36. The number of halogens is 1. The van der Waals surface area contributed by atoms with Crippen molar-refractivity contribution in [2.45, 2.75) is 37.0 Å². The normalized spacial score (nSPS) is 19.5. The Morgan fingerprint density at radius 1 is 1.22 bits per heavy atom. The van der Waals surface area contributed by atoms with Gasteiger partial charge in [0.2, 0.25) is 10.0 Å². The van der Waals surface area contributed by atoms with E-state index in [2.05, 4.69) is 5.32 Å². The van der Waals surface area contributed by atoms with Gasteiger partial charge in [0.1, 0.15) is 4.90 Å². The second-order valence-electron chi connectivity index (χ2n) is 6.26. The highest BCUT2D eigenvalue weighted by molar-refractivity contribution is 7.89. The van der Waals surface area contributed by atoms with Gasteiger partial charge in [0.25, 0.3) is 5.91 Å². The van der Waals surface area contributed by atoms with E-state index in [4.69, 9.17) is 11.6 Å². The van der Waals surface area contributed by atoms with Crippen molar-refractivity contribution in [1.82, 2.24) is 9.62 Å². The molecule has 3 rings (SSSR count). The Bertz CT molecular complexity index is 695. The van der Waals surface area contributed by atoms with Gasteiger partial charge in [-0.1, -0.05) is 18.0 Å². The Morgan fingerprint density at radius 3 is 2.57 bits per heavy atom. The molecule has 1 heterocycles. The Balaban J connectivity index is 1.82. The molecule has 1 aromatic carbocycles. The third-order valence-electron chi connectivity index (χ3n) is 4.37. The van der Waals surface area contributed by atoms with Gasteiger partial charge in [0.05, 0.1) is 5.02 Å². The lowest BCUT2D eigenvalue weighted by atomic mass is 10.2. The van der Waals surface area contributed by atoms with Crippen LogP contribution in [-0.4, -0.2) is 38.3 Å². The summed E-state index contributed by atoms with van der Waals surface area (Å²) in [5.41, 5.74) is 0.339. The van der Waals surface area contributed by atoms with Crippen LogP contribution in [0.2, 0.25) is 5.02 Å². The maximum Gasteiger partial charge on any atom is 0.251 e. The fourth-order valence-corrected chi connectivity index (χ4v) is 4.77. The molecule has 0 radical (unpaired) electrons. The summed E-state index contributed by atoms with van der Waals surface area (Å²) in [6, 6.07) is 4.46. The first-order valence-electron chi connectivity index (χ1n) is 8.06. The molecule has 7 heteroatoms. The van der Waals surface area contributed by atoms with Gasteiger partial charge >= 0.3 is 0 Å². The third-order valence-corrected chi connectivity index (χ3v) is 6.75. The highest BCUT2D eigenvalue weighted by Gasteiger charge is 2.29. The van der Waals surface area contributed by atoms with Gasteiger partial charge in [-0.15, -0.1) is 0 Å². The first kappa shape index (κ1) is 16.7. The average molecular weight is 357 g/mol. The molecule has 0 aromatic heterocycles. The number of rotatable bonds is 5. The van der Waals surface area contributed by atoms with E-state index in [1.54, 1.807) is 6.07 Å². The summed E-state index contributed by atoms with van der Waals surface area (Å²) in [6.07, 6.45) is 5.06. The highest BCUT2D eigenvalue weighted by Crippen LogP contribution is 2.29. The molecule has 1 aliphatic carbocycles. The van der Waals surface area contributed by atoms with Crippen LogP contribution in [0.1, 0.15) is 42.5 Å². The number of piperidine rings is 1. The van der Waals surface area contributed by atoms with E-state index in [1.165, 1.54) is 16.4 Å².